The molecule has 2 aromatic rings. The van der Waals surface area contributed by atoms with Crippen LogP contribution in [0.3, 0.4) is 0 Å². The molecule has 0 amide bonds. The fraction of sp³-hybridized carbons (Fsp3) is 0.231. The zero-order valence-electron chi connectivity index (χ0n) is 9.85. The number of rotatable bonds is 4. The van der Waals surface area contributed by atoms with Crippen molar-refractivity contribution in [3.8, 4) is 5.75 Å². The van der Waals surface area contributed by atoms with Gasteiger partial charge in [0.2, 0.25) is 0 Å². The summed E-state index contributed by atoms with van der Waals surface area (Å²) >= 11 is 1.56. The van der Waals surface area contributed by atoms with Gasteiger partial charge in [0.15, 0.2) is 0 Å². The molecular weight excluding hydrogens is 275 g/mol. The molecule has 19 heavy (non-hydrogen) atoms. The highest BCUT2D eigenvalue weighted by Crippen LogP contribution is 2.25. The molecule has 2 nitrogen and oxygen atoms in total. The summed E-state index contributed by atoms with van der Waals surface area (Å²) in [5, 5.41) is 1.94. The normalized spacial score (nSPS) is 13.3. The van der Waals surface area contributed by atoms with E-state index in [0.717, 1.165) is 10.4 Å². The Morgan fingerprint density at radius 1 is 1.16 bits per heavy atom. The summed E-state index contributed by atoms with van der Waals surface area (Å²) in [5.41, 5.74) is 6.88. The molecule has 0 aliphatic rings. The lowest BCUT2D eigenvalue weighted by molar-refractivity contribution is -0.274. The number of hydrogen-bond donors (Lipinski definition) is 1. The van der Waals surface area contributed by atoms with E-state index in [-0.39, 0.29) is 11.8 Å². The van der Waals surface area contributed by atoms with Crippen LogP contribution in [-0.2, 0) is 6.42 Å². The lowest BCUT2D eigenvalue weighted by Gasteiger charge is -2.11. The van der Waals surface area contributed by atoms with Crippen molar-refractivity contribution >= 4 is 11.3 Å². The van der Waals surface area contributed by atoms with Crippen molar-refractivity contribution in [2.75, 3.05) is 0 Å². The second kappa shape index (κ2) is 5.63. The lowest BCUT2D eigenvalue weighted by atomic mass is 10.1. The van der Waals surface area contributed by atoms with Gasteiger partial charge in [-0.05, 0) is 35.6 Å². The minimum absolute atomic E-state index is 0.144. The molecule has 1 atom stereocenters. The molecule has 2 rings (SSSR count). The maximum atomic E-state index is 12.0. The number of benzene rings is 1. The van der Waals surface area contributed by atoms with Gasteiger partial charge >= 0.3 is 6.36 Å². The zero-order chi connectivity index (χ0) is 13.9. The van der Waals surface area contributed by atoms with E-state index in [2.05, 4.69) is 4.74 Å². The predicted molar refractivity (Wildman–Crippen MR) is 68.1 cm³/mol. The predicted octanol–water partition coefficient (Wildman–Crippen LogP) is 3.89. The summed E-state index contributed by atoms with van der Waals surface area (Å²) in [7, 11) is 0. The first kappa shape index (κ1) is 13.9. The number of halogens is 3. The Morgan fingerprint density at radius 2 is 1.84 bits per heavy atom. The van der Waals surface area contributed by atoms with Crippen LogP contribution in [0.15, 0.2) is 41.8 Å². The smallest absolute Gasteiger partial charge is 0.406 e. The zero-order valence-corrected chi connectivity index (χ0v) is 10.7. The highest BCUT2D eigenvalue weighted by atomic mass is 32.1. The Morgan fingerprint density at radius 3 is 2.37 bits per heavy atom. The van der Waals surface area contributed by atoms with Crippen molar-refractivity contribution < 1.29 is 17.9 Å². The monoisotopic (exact) mass is 287 g/mol. The summed E-state index contributed by atoms with van der Waals surface area (Å²) in [6.07, 6.45) is -4.08. The average Bonchev–Trinajstić information content (AvgIpc) is 2.83. The van der Waals surface area contributed by atoms with E-state index in [4.69, 9.17) is 5.73 Å². The van der Waals surface area contributed by atoms with Gasteiger partial charge in [0.1, 0.15) is 5.75 Å². The Bertz CT molecular complexity index is 508. The molecule has 0 radical (unpaired) electrons. The van der Waals surface area contributed by atoms with E-state index in [0.29, 0.717) is 6.42 Å². The van der Waals surface area contributed by atoms with Gasteiger partial charge in [-0.2, -0.15) is 0 Å². The number of hydrogen-bond acceptors (Lipinski definition) is 3. The minimum atomic E-state index is -4.66. The van der Waals surface area contributed by atoms with Crippen molar-refractivity contribution in [1.29, 1.82) is 0 Å². The molecule has 6 heteroatoms. The van der Waals surface area contributed by atoms with E-state index >= 15 is 0 Å². The van der Waals surface area contributed by atoms with Crippen LogP contribution in [0.5, 0.6) is 5.75 Å². The van der Waals surface area contributed by atoms with Crippen LogP contribution in [-0.4, -0.2) is 6.36 Å². The molecule has 102 valence electrons. The molecule has 2 N–H and O–H groups in total. The Labute approximate surface area is 112 Å². The molecule has 0 aliphatic carbocycles. The number of thiophene rings is 1. The fourth-order valence-electron chi connectivity index (χ4n) is 1.68. The number of alkyl halides is 3. The van der Waals surface area contributed by atoms with Gasteiger partial charge in [-0.15, -0.1) is 24.5 Å². The standard InChI is InChI=1S/C13H12F3NOS/c14-13(15,16)18-10-5-3-9(4-6-10)8-11(17)12-2-1-7-19-12/h1-7,11H,8,17H2. The Kier molecular flexibility index (Phi) is 4.11. The van der Waals surface area contributed by atoms with Gasteiger partial charge in [-0.1, -0.05) is 18.2 Å². The van der Waals surface area contributed by atoms with Crippen LogP contribution < -0.4 is 10.5 Å². The molecule has 0 bridgehead atoms. The molecule has 1 aromatic heterocycles. The lowest BCUT2D eigenvalue weighted by Crippen LogP contribution is -2.17. The molecule has 0 saturated carbocycles. The van der Waals surface area contributed by atoms with Crippen molar-refractivity contribution in [3.63, 3.8) is 0 Å². The van der Waals surface area contributed by atoms with Crippen LogP contribution in [0.1, 0.15) is 16.5 Å². The van der Waals surface area contributed by atoms with Crippen molar-refractivity contribution in [3.05, 3.63) is 52.2 Å². The van der Waals surface area contributed by atoms with E-state index in [1.807, 2.05) is 17.5 Å². The van der Waals surface area contributed by atoms with Crippen LogP contribution in [0, 0.1) is 0 Å². The highest BCUT2D eigenvalue weighted by molar-refractivity contribution is 7.10. The quantitative estimate of drug-likeness (QED) is 0.926. The van der Waals surface area contributed by atoms with Gasteiger partial charge < -0.3 is 10.5 Å². The summed E-state index contributed by atoms with van der Waals surface area (Å²) in [6.45, 7) is 0. The van der Waals surface area contributed by atoms with E-state index < -0.39 is 6.36 Å². The molecule has 1 unspecified atom stereocenters. The topological polar surface area (TPSA) is 35.2 Å². The van der Waals surface area contributed by atoms with Crippen LogP contribution in [0.25, 0.3) is 0 Å². The second-order valence-electron chi connectivity index (χ2n) is 4.02. The molecule has 1 heterocycles. The van der Waals surface area contributed by atoms with Gasteiger partial charge in [0, 0.05) is 10.9 Å². The van der Waals surface area contributed by atoms with E-state index in [9.17, 15) is 13.2 Å². The molecule has 0 fully saturated rings. The van der Waals surface area contributed by atoms with Gasteiger partial charge in [-0.3, -0.25) is 0 Å². The van der Waals surface area contributed by atoms with Gasteiger partial charge in [0.05, 0.1) is 0 Å². The summed E-state index contributed by atoms with van der Waals surface area (Å²) in [5.74, 6) is -0.221. The fourth-order valence-corrected chi connectivity index (χ4v) is 2.41. The number of ether oxygens (including phenoxy) is 1. The average molecular weight is 287 g/mol. The molecular formula is C13H12F3NOS. The summed E-state index contributed by atoms with van der Waals surface area (Å²) in [4.78, 5) is 1.05. The largest absolute Gasteiger partial charge is 0.573 e. The second-order valence-corrected chi connectivity index (χ2v) is 5.00. The first-order valence-corrected chi connectivity index (χ1v) is 6.46. The van der Waals surface area contributed by atoms with Crippen molar-refractivity contribution in [2.45, 2.75) is 18.8 Å². The maximum absolute atomic E-state index is 12.0. The molecule has 0 saturated heterocycles. The van der Waals surface area contributed by atoms with E-state index in [1.165, 1.54) is 12.1 Å². The number of nitrogens with two attached hydrogens (primary N) is 1. The summed E-state index contributed by atoms with van der Waals surface area (Å²) in [6, 6.07) is 9.49. The first-order valence-electron chi connectivity index (χ1n) is 5.58. The summed E-state index contributed by atoms with van der Waals surface area (Å²) < 4.78 is 39.8. The van der Waals surface area contributed by atoms with Crippen LogP contribution >= 0.6 is 11.3 Å². The maximum Gasteiger partial charge on any atom is 0.573 e. The van der Waals surface area contributed by atoms with Gasteiger partial charge in [0.25, 0.3) is 0 Å². The third-order valence-electron chi connectivity index (χ3n) is 2.52. The molecule has 0 aliphatic heterocycles. The van der Waals surface area contributed by atoms with Crippen molar-refractivity contribution in [2.24, 2.45) is 5.73 Å². The van der Waals surface area contributed by atoms with Gasteiger partial charge in [-0.25, -0.2) is 0 Å². The van der Waals surface area contributed by atoms with E-state index in [1.54, 1.807) is 23.5 Å². The Hall–Kier alpha value is -1.53. The molecule has 1 aromatic carbocycles. The minimum Gasteiger partial charge on any atom is -0.406 e. The highest BCUT2D eigenvalue weighted by Gasteiger charge is 2.30. The molecule has 0 spiro atoms. The van der Waals surface area contributed by atoms with Crippen molar-refractivity contribution in [1.82, 2.24) is 0 Å². The first-order chi connectivity index (χ1) is 8.94. The SMILES string of the molecule is NC(Cc1ccc(OC(F)(F)F)cc1)c1cccs1. The third-order valence-corrected chi connectivity index (χ3v) is 3.53. The third kappa shape index (κ3) is 4.25. The van der Waals surface area contributed by atoms with Crippen LogP contribution in [0.4, 0.5) is 13.2 Å². The Balaban J connectivity index is 1.99. The van der Waals surface area contributed by atoms with Crippen LogP contribution in [0.2, 0.25) is 0 Å².